The topological polar surface area (TPSA) is 50.7 Å². The maximum atomic E-state index is 6.19. The van der Waals surface area contributed by atoms with Gasteiger partial charge in [0.25, 0.3) is 0 Å². The van der Waals surface area contributed by atoms with Gasteiger partial charge in [0.1, 0.15) is 11.5 Å². The van der Waals surface area contributed by atoms with Crippen LogP contribution < -0.4 is 5.32 Å². The average molecular weight is 356 g/mol. The van der Waals surface area contributed by atoms with E-state index in [1.54, 1.807) is 18.3 Å². The third-order valence-electron chi connectivity index (χ3n) is 2.77. The molecule has 2 rings (SSSR count). The first-order valence-electron chi connectivity index (χ1n) is 6.21. The lowest BCUT2D eigenvalue weighted by atomic mass is 9.92. The summed E-state index contributed by atoms with van der Waals surface area (Å²) < 4.78 is 0.864. The maximum absolute atomic E-state index is 6.19. The minimum atomic E-state index is -0.122. The van der Waals surface area contributed by atoms with Gasteiger partial charge in [-0.05, 0) is 28.1 Å². The average Bonchev–Trinajstić information content (AvgIpc) is 2.38. The van der Waals surface area contributed by atoms with Crippen LogP contribution in [0.3, 0.4) is 0 Å². The summed E-state index contributed by atoms with van der Waals surface area (Å²) in [5.41, 5.74) is 1.38. The van der Waals surface area contributed by atoms with Crippen molar-refractivity contribution in [2.75, 3.05) is 12.4 Å². The quantitative estimate of drug-likeness (QED) is 0.873. The van der Waals surface area contributed by atoms with Crippen LogP contribution in [0.4, 0.5) is 5.82 Å². The van der Waals surface area contributed by atoms with Gasteiger partial charge in [0, 0.05) is 18.7 Å². The number of hydrogen-bond donors (Lipinski definition) is 1. The number of rotatable bonds is 2. The van der Waals surface area contributed by atoms with Gasteiger partial charge in [0.05, 0.1) is 15.2 Å². The number of hydrogen-bond acceptors (Lipinski definition) is 4. The van der Waals surface area contributed by atoms with Gasteiger partial charge < -0.3 is 5.32 Å². The third kappa shape index (κ3) is 2.94. The zero-order chi connectivity index (χ0) is 14.9. The molecule has 0 unspecified atom stereocenters. The summed E-state index contributed by atoms with van der Waals surface area (Å²) in [6.45, 7) is 6.30. The number of nitrogens with zero attached hydrogens (tertiary/aromatic N) is 3. The van der Waals surface area contributed by atoms with Crippen LogP contribution in [0, 0.1) is 0 Å². The van der Waals surface area contributed by atoms with Crippen molar-refractivity contribution in [3.05, 3.63) is 33.5 Å². The fourth-order valence-corrected chi connectivity index (χ4v) is 2.94. The second kappa shape index (κ2) is 5.66. The van der Waals surface area contributed by atoms with E-state index < -0.39 is 0 Å². The summed E-state index contributed by atoms with van der Waals surface area (Å²) in [6.07, 6.45) is 1.68. The van der Waals surface area contributed by atoms with Crippen molar-refractivity contribution in [2.24, 2.45) is 0 Å². The third-order valence-corrected chi connectivity index (χ3v) is 3.82. The molecule has 0 aliphatic heterocycles. The molecule has 2 aromatic heterocycles. The van der Waals surface area contributed by atoms with Crippen molar-refractivity contribution in [1.29, 1.82) is 0 Å². The van der Waals surface area contributed by atoms with E-state index in [1.165, 1.54) is 0 Å². The van der Waals surface area contributed by atoms with E-state index in [4.69, 9.17) is 11.6 Å². The minimum Gasteiger partial charge on any atom is -0.372 e. The van der Waals surface area contributed by atoms with Crippen LogP contribution in [-0.4, -0.2) is 22.0 Å². The highest BCUT2D eigenvalue weighted by Gasteiger charge is 2.24. The summed E-state index contributed by atoms with van der Waals surface area (Å²) >= 11 is 9.75. The molecule has 0 bridgehead atoms. The van der Waals surface area contributed by atoms with Crippen molar-refractivity contribution in [3.63, 3.8) is 0 Å². The molecule has 0 aliphatic rings. The standard InChI is InChI=1S/C14H16BrClN4/c1-14(2,3)11-9(15)12(17-4)20-13(19-11)10-8(16)6-5-7-18-10/h5-7H,1-4H3,(H,17,19,20). The first-order chi connectivity index (χ1) is 9.34. The van der Waals surface area contributed by atoms with E-state index >= 15 is 0 Å². The maximum Gasteiger partial charge on any atom is 0.182 e. The number of aromatic nitrogens is 3. The van der Waals surface area contributed by atoms with Crippen molar-refractivity contribution in [1.82, 2.24) is 15.0 Å². The van der Waals surface area contributed by atoms with Crippen LogP contribution in [0.2, 0.25) is 5.02 Å². The Bertz CT molecular complexity index is 638. The van der Waals surface area contributed by atoms with Gasteiger partial charge >= 0.3 is 0 Å². The van der Waals surface area contributed by atoms with Gasteiger partial charge in [0.15, 0.2) is 5.82 Å². The first-order valence-corrected chi connectivity index (χ1v) is 7.38. The van der Waals surface area contributed by atoms with E-state index in [0.717, 1.165) is 16.0 Å². The lowest BCUT2D eigenvalue weighted by molar-refractivity contribution is 0.564. The normalized spacial score (nSPS) is 11.5. The van der Waals surface area contributed by atoms with Crippen molar-refractivity contribution in [3.8, 4) is 11.5 Å². The summed E-state index contributed by atoms with van der Waals surface area (Å²) in [5.74, 6) is 1.25. The Hall–Kier alpha value is -1.20. The van der Waals surface area contributed by atoms with E-state index in [0.29, 0.717) is 16.5 Å². The molecule has 0 spiro atoms. The second-order valence-corrected chi connectivity index (χ2v) is 6.59. The van der Waals surface area contributed by atoms with Gasteiger partial charge in [0.2, 0.25) is 0 Å². The molecule has 0 saturated carbocycles. The highest BCUT2D eigenvalue weighted by molar-refractivity contribution is 9.10. The van der Waals surface area contributed by atoms with Crippen LogP contribution in [0.1, 0.15) is 26.5 Å². The molecule has 0 fully saturated rings. The van der Waals surface area contributed by atoms with E-state index in [9.17, 15) is 0 Å². The Morgan fingerprint density at radius 1 is 1.25 bits per heavy atom. The molecule has 0 amide bonds. The molecular weight excluding hydrogens is 340 g/mol. The molecule has 6 heteroatoms. The summed E-state index contributed by atoms with van der Waals surface area (Å²) in [6, 6.07) is 3.57. The molecule has 0 aliphatic carbocycles. The number of halogens is 2. The van der Waals surface area contributed by atoms with Crippen LogP contribution in [0.5, 0.6) is 0 Å². The fraction of sp³-hybridized carbons (Fsp3) is 0.357. The molecule has 4 nitrogen and oxygen atoms in total. The van der Waals surface area contributed by atoms with Crippen molar-refractivity contribution >= 4 is 33.3 Å². The number of pyridine rings is 1. The number of nitrogens with one attached hydrogen (secondary N) is 1. The Morgan fingerprint density at radius 3 is 2.50 bits per heavy atom. The Balaban J connectivity index is 2.70. The Labute approximate surface area is 132 Å². The highest BCUT2D eigenvalue weighted by Crippen LogP contribution is 2.34. The molecule has 106 valence electrons. The molecule has 0 radical (unpaired) electrons. The van der Waals surface area contributed by atoms with Crippen LogP contribution in [0.15, 0.2) is 22.8 Å². The smallest absolute Gasteiger partial charge is 0.182 e. The SMILES string of the molecule is CNc1nc(-c2ncccc2Cl)nc(C(C)(C)C)c1Br. The summed E-state index contributed by atoms with van der Waals surface area (Å²) in [7, 11) is 1.82. The van der Waals surface area contributed by atoms with Crippen LogP contribution in [-0.2, 0) is 5.41 Å². The molecule has 0 aromatic carbocycles. The monoisotopic (exact) mass is 354 g/mol. The zero-order valence-electron chi connectivity index (χ0n) is 11.8. The van der Waals surface area contributed by atoms with Crippen molar-refractivity contribution < 1.29 is 0 Å². The Morgan fingerprint density at radius 2 is 1.95 bits per heavy atom. The molecule has 0 atom stereocenters. The van der Waals surface area contributed by atoms with Gasteiger partial charge in [-0.3, -0.25) is 4.98 Å². The molecular formula is C14H16BrClN4. The Kier molecular flexibility index (Phi) is 4.30. The summed E-state index contributed by atoms with van der Waals surface area (Å²) in [5, 5.41) is 3.61. The number of anilines is 1. The van der Waals surface area contributed by atoms with Gasteiger partial charge in [-0.25, -0.2) is 9.97 Å². The minimum absolute atomic E-state index is 0.122. The van der Waals surface area contributed by atoms with Crippen LogP contribution in [0.25, 0.3) is 11.5 Å². The molecule has 2 heterocycles. The summed E-state index contributed by atoms with van der Waals surface area (Å²) in [4.78, 5) is 13.4. The molecule has 0 saturated heterocycles. The predicted molar refractivity (Wildman–Crippen MR) is 86.2 cm³/mol. The van der Waals surface area contributed by atoms with E-state index in [1.807, 2.05) is 7.05 Å². The molecule has 2 aromatic rings. The lowest BCUT2D eigenvalue weighted by Gasteiger charge is -2.21. The molecule has 20 heavy (non-hydrogen) atoms. The highest BCUT2D eigenvalue weighted by atomic mass is 79.9. The van der Waals surface area contributed by atoms with Gasteiger partial charge in [-0.2, -0.15) is 0 Å². The predicted octanol–water partition coefficient (Wildman–Crippen LogP) is 4.29. The zero-order valence-corrected chi connectivity index (χ0v) is 14.2. The van der Waals surface area contributed by atoms with Crippen molar-refractivity contribution in [2.45, 2.75) is 26.2 Å². The second-order valence-electron chi connectivity index (χ2n) is 5.39. The first kappa shape index (κ1) is 15.2. The van der Waals surface area contributed by atoms with E-state index in [-0.39, 0.29) is 5.41 Å². The van der Waals surface area contributed by atoms with Gasteiger partial charge in [-0.1, -0.05) is 32.4 Å². The largest absolute Gasteiger partial charge is 0.372 e. The fourth-order valence-electron chi connectivity index (χ4n) is 1.77. The lowest BCUT2D eigenvalue weighted by Crippen LogP contribution is -2.17. The van der Waals surface area contributed by atoms with Gasteiger partial charge in [-0.15, -0.1) is 0 Å². The molecule has 1 N–H and O–H groups in total. The van der Waals surface area contributed by atoms with Crippen LogP contribution >= 0.6 is 27.5 Å². The van der Waals surface area contributed by atoms with E-state index in [2.05, 4.69) is 57.0 Å².